The van der Waals surface area contributed by atoms with Gasteiger partial charge in [-0.2, -0.15) is 0 Å². The molecule has 0 radical (unpaired) electrons. The Bertz CT molecular complexity index is 501. The normalized spacial score (nSPS) is 11.1. The molecule has 0 spiro atoms. The van der Waals surface area contributed by atoms with Crippen LogP contribution in [0.3, 0.4) is 0 Å². The number of hydrogen-bond donors (Lipinski definition) is 2. The number of benzene rings is 2. The summed E-state index contributed by atoms with van der Waals surface area (Å²) in [7, 11) is 0. The first-order valence-corrected chi connectivity index (χ1v) is 5.05. The van der Waals surface area contributed by atoms with Gasteiger partial charge in [-0.15, -0.1) is 0 Å². The second kappa shape index (κ2) is 3.46. The van der Waals surface area contributed by atoms with Crippen molar-refractivity contribution in [3.63, 3.8) is 0 Å². The van der Waals surface area contributed by atoms with Crippen molar-refractivity contribution in [3.8, 4) is 11.5 Å². The lowest BCUT2D eigenvalue weighted by Crippen LogP contribution is -1.89. The van der Waals surface area contributed by atoms with Gasteiger partial charge in [0.1, 0.15) is 11.5 Å². The van der Waals surface area contributed by atoms with Crippen LogP contribution in [-0.4, -0.2) is 10.2 Å². The zero-order valence-corrected chi connectivity index (χ0v) is 8.86. The molecule has 2 nitrogen and oxygen atoms in total. The molecular weight excluding hydrogens is 188 g/mol. The van der Waals surface area contributed by atoms with E-state index in [1.165, 1.54) is 0 Å². The highest BCUT2D eigenvalue weighted by molar-refractivity contribution is 5.94. The highest BCUT2D eigenvalue weighted by Gasteiger charge is 2.12. The zero-order chi connectivity index (χ0) is 11.0. The number of fused-ring (bicyclic) bond motifs is 1. The first kappa shape index (κ1) is 9.84. The molecule has 2 rings (SSSR count). The third-order valence-corrected chi connectivity index (χ3v) is 2.65. The third kappa shape index (κ3) is 1.52. The largest absolute Gasteiger partial charge is 0.507 e. The van der Waals surface area contributed by atoms with Crippen molar-refractivity contribution in [2.75, 3.05) is 0 Å². The molecule has 0 aliphatic carbocycles. The maximum absolute atomic E-state index is 10.0. The van der Waals surface area contributed by atoms with E-state index in [0.717, 1.165) is 5.56 Å². The van der Waals surface area contributed by atoms with Gasteiger partial charge in [0.2, 0.25) is 0 Å². The standard InChI is InChI=1S/C13H14O2/c1-8(2)11-7-12(14)9-5-3-4-6-10(9)13(11)15/h3-8,14-15H,1-2H3. The molecule has 0 aliphatic rings. The van der Waals surface area contributed by atoms with E-state index in [4.69, 9.17) is 0 Å². The van der Waals surface area contributed by atoms with E-state index in [2.05, 4.69) is 0 Å². The summed E-state index contributed by atoms with van der Waals surface area (Å²) in [5.41, 5.74) is 0.784. The highest BCUT2D eigenvalue weighted by atomic mass is 16.3. The summed E-state index contributed by atoms with van der Waals surface area (Å²) < 4.78 is 0. The molecule has 2 aromatic carbocycles. The van der Waals surface area contributed by atoms with Gasteiger partial charge in [-0.05, 0) is 12.0 Å². The fourth-order valence-electron chi connectivity index (χ4n) is 1.80. The molecule has 0 amide bonds. The van der Waals surface area contributed by atoms with E-state index in [1.54, 1.807) is 12.1 Å². The lowest BCUT2D eigenvalue weighted by atomic mass is 9.97. The topological polar surface area (TPSA) is 40.5 Å². The maximum atomic E-state index is 10.0. The van der Waals surface area contributed by atoms with Crippen molar-refractivity contribution in [1.82, 2.24) is 0 Å². The number of phenols is 2. The smallest absolute Gasteiger partial charge is 0.127 e. The summed E-state index contributed by atoms with van der Waals surface area (Å²) in [5.74, 6) is 0.700. The van der Waals surface area contributed by atoms with E-state index < -0.39 is 0 Å². The van der Waals surface area contributed by atoms with Crippen LogP contribution in [0.1, 0.15) is 25.3 Å². The van der Waals surface area contributed by atoms with Gasteiger partial charge in [-0.1, -0.05) is 38.1 Å². The minimum Gasteiger partial charge on any atom is -0.507 e. The van der Waals surface area contributed by atoms with Crippen molar-refractivity contribution >= 4 is 10.8 Å². The molecule has 0 fully saturated rings. The Hall–Kier alpha value is -1.70. The van der Waals surface area contributed by atoms with Crippen LogP contribution >= 0.6 is 0 Å². The van der Waals surface area contributed by atoms with E-state index in [0.29, 0.717) is 10.8 Å². The molecule has 0 saturated heterocycles. The zero-order valence-electron chi connectivity index (χ0n) is 8.86. The molecule has 0 atom stereocenters. The van der Waals surface area contributed by atoms with Crippen molar-refractivity contribution in [1.29, 1.82) is 0 Å². The first-order chi connectivity index (χ1) is 7.11. The lowest BCUT2D eigenvalue weighted by molar-refractivity contribution is 0.460. The number of aromatic hydroxyl groups is 2. The molecule has 2 N–H and O–H groups in total. The lowest BCUT2D eigenvalue weighted by Gasteiger charge is -2.12. The van der Waals surface area contributed by atoms with Crippen molar-refractivity contribution < 1.29 is 10.2 Å². The van der Waals surface area contributed by atoms with Gasteiger partial charge in [0, 0.05) is 16.3 Å². The summed E-state index contributed by atoms with van der Waals surface area (Å²) in [5, 5.41) is 21.3. The van der Waals surface area contributed by atoms with E-state index in [1.807, 2.05) is 32.0 Å². The number of hydrogen-bond acceptors (Lipinski definition) is 2. The van der Waals surface area contributed by atoms with E-state index >= 15 is 0 Å². The Morgan fingerprint density at radius 1 is 1.00 bits per heavy atom. The van der Waals surface area contributed by atoms with Gasteiger partial charge in [0.15, 0.2) is 0 Å². The third-order valence-electron chi connectivity index (χ3n) is 2.65. The van der Waals surface area contributed by atoms with E-state index in [-0.39, 0.29) is 17.4 Å². The Morgan fingerprint density at radius 2 is 1.60 bits per heavy atom. The first-order valence-electron chi connectivity index (χ1n) is 5.05. The fourth-order valence-corrected chi connectivity index (χ4v) is 1.80. The van der Waals surface area contributed by atoms with Crippen LogP contribution in [-0.2, 0) is 0 Å². The Balaban J connectivity index is 2.84. The second-order valence-corrected chi connectivity index (χ2v) is 4.03. The summed E-state index contributed by atoms with van der Waals surface area (Å²) in [6.07, 6.45) is 0. The van der Waals surface area contributed by atoms with Crippen LogP contribution in [0.4, 0.5) is 0 Å². The number of phenolic OH excluding ortho intramolecular Hbond substituents is 2. The fraction of sp³-hybridized carbons (Fsp3) is 0.231. The predicted octanol–water partition coefficient (Wildman–Crippen LogP) is 3.37. The summed E-state index contributed by atoms with van der Waals surface area (Å²) >= 11 is 0. The van der Waals surface area contributed by atoms with Crippen molar-refractivity contribution in [2.45, 2.75) is 19.8 Å². The quantitative estimate of drug-likeness (QED) is 0.696. The van der Waals surface area contributed by atoms with Crippen LogP contribution in [0.5, 0.6) is 11.5 Å². The molecule has 0 heterocycles. The molecule has 0 aliphatic heterocycles. The second-order valence-electron chi connectivity index (χ2n) is 4.03. The average Bonchev–Trinajstić information content (AvgIpc) is 2.23. The molecule has 2 aromatic rings. The molecule has 0 saturated carbocycles. The van der Waals surface area contributed by atoms with Crippen molar-refractivity contribution in [3.05, 3.63) is 35.9 Å². The Labute approximate surface area is 88.8 Å². The van der Waals surface area contributed by atoms with Gasteiger partial charge in [0.05, 0.1) is 0 Å². The van der Waals surface area contributed by atoms with E-state index in [9.17, 15) is 10.2 Å². The summed E-state index contributed by atoms with van der Waals surface area (Å²) in [4.78, 5) is 0. The van der Waals surface area contributed by atoms with Crippen LogP contribution < -0.4 is 0 Å². The predicted molar refractivity (Wildman–Crippen MR) is 61.4 cm³/mol. The monoisotopic (exact) mass is 202 g/mol. The van der Waals surface area contributed by atoms with Gasteiger partial charge >= 0.3 is 0 Å². The molecular formula is C13H14O2. The minimum absolute atomic E-state index is 0.195. The SMILES string of the molecule is CC(C)c1cc(O)c2ccccc2c1O. The summed E-state index contributed by atoms with van der Waals surface area (Å²) in [6.45, 7) is 3.98. The molecule has 2 heteroatoms. The molecule has 0 aromatic heterocycles. The maximum Gasteiger partial charge on any atom is 0.127 e. The Morgan fingerprint density at radius 3 is 2.20 bits per heavy atom. The summed E-state index contributed by atoms with van der Waals surface area (Å²) in [6, 6.07) is 8.95. The average molecular weight is 202 g/mol. The molecule has 0 bridgehead atoms. The van der Waals surface area contributed by atoms with Crippen molar-refractivity contribution in [2.24, 2.45) is 0 Å². The van der Waals surface area contributed by atoms with Gasteiger partial charge in [-0.3, -0.25) is 0 Å². The van der Waals surface area contributed by atoms with Crippen LogP contribution in [0, 0.1) is 0 Å². The van der Waals surface area contributed by atoms with Crippen LogP contribution in [0.25, 0.3) is 10.8 Å². The molecule has 15 heavy (non-hydrogen) atoms. The van der Waals surface area contributed by atoms with Gasteiger partial charge in [0.25, 0.3) is 0 Å². The molecule has 0 unspecified atom stereocenters. The minimum atomic E-state index is 0.195. The molecule has 78 valence electrons. The highest BCUT2D eigenvalue weighted by Crippen LogP contribution is 2.38. The van der Waals surface area contributed by atoms with Gasteiger partial charge in [-0.25, -0.2) is 0 Å². The Kier molecular flexibility index (Phi) is 2.27. The van der Waals surface area contributed by atoms with Crippen LogP contribution in [0.15, 0.2) is 30.3 Å². The number of rotatable bonds is 1. The van der Waals surface area contributed by atoms with Gasteiger partial charge < -0.3 is 10.2 Å². The van der Waals surface area contributed by atoms with Crippen LogP contribution in [0.2, 0.25) is 0 Å².